The lowest BCUT2D eigenvalue weighted by molar-refractivity contribution is -0.148. The van der Waals surface area contributed by atoms with Gasteiger partial charge < -0.3 is 10.1 Å². The molecule has 3 aliphatic rings. The molecule has 0 amide bonds. The van der Waals surface area contributed by atoms with Crippen molar-refractivity contribution >= 4 is 0 Å². The first-order valence-electron chi connectivity index (χ1n) is 9.21. The zero-order valence-electron chi connectivity index (χ0n) is 14.8. The van der Waals surface area contributed by atoms with E-state index in [1.807, 2.05) is 0 Å². The Balaban J connectivity index is 1.73. The molecule has 0 aromatic heterocycles. The highest BCUT2D eigenvalue weighted by Crippen LogP contribution is 2.70. The Labute approximate surface area is 131 Å². The molecule has 0 bridgehead atoms. The Bertz CT molecular complexity index is 369. The third kappa shape index (κ3) is 2.47. The van der Waals surface area contributed by atoms with Crippen LogP contribution in [0.15, 0.2) is 0 Å². The van der Waals surface area contributed by atoms with Crippen molar-refractivity contribution in [2.45, 2.75) is 84.8 Å². The Hall–Kier alpha value is -0.0800. The van der Waals surface area contributed by atoms with E-state index in [1.54, 1.807) is 0 Å². The van der Waals surface area contributed by atoms with Gasteiger partial charge in [0, 0.05) is 12.6 Å². The largest absolute Gasteiger partial charge is 0.375 e. The number of hydrogen-bond acceptors (Lipinski definition) is 2. The van der Waals surface area contributed by atoms with Crippen molar-refractivity contribution in [3.8, 4) is 0 Å². The van der Waals surface area contributed by atoms with Crippen LogP contribution >= 0.6 is 0 Å². The van der Waals surface area contributed by atoms with Crippen LogP contribution in [-0.2, 0) is 4.74 Å². The van der Waals surface area contributed by atoms with Crippen molar-refractivity contribution in [2.24, 2.45) is 22.7 Å². The van der Waals surface area contributed by atoms with E-state index in [2.05, 4.69) is 39.9 Å². The lowest BCUT2D eigenvalue weighted by atomic mass is 9.69. The molecule has 2 unspecified atom stereocenters. The second-order valence-electron chi connectivity index (χ2n) is 9.04. The highest BCUT2D eigenvalue weighted by atomic mass is 16.5. The fourth-order valence-electron chi connectivity index (χ4n) is 5.30. The van der Waals surface area contributed by atoms with Crippen molar-refractivity contribution in [3.63, 3.8) is 0 Å². The molecule has 0 radical (unpaired) electrons. The molecule has 0 aromatic rings. The minimum Gasteiger partial charge on any atom is -0.375 e. The monoisotopic (exact) mass is 293 g/mol. The van der Waals surface area contributed by atoms with E-state index < -0.39 is 0 Å². The Morgan fingerprint density at radius 3 is 2.29 bits per heavy atom. The highest BCUT2D eigenvalue weighted by molar-refractivity contribution is 5.18. The molecule has 3 fully saturated rings. The van der Waals surface area contributed by atoms with E-state index in [-0.39, 0.29) is 5.60 Å². The molecule has 2 atom stereocenters. The second-order valence-corrected chi connectivity index (χ2v) is 9.04. The van der Waals surface area contributed by atoms with E-state index in [0.717, 1.165) is 25.0 Å². The number of ether oxygens (including phenoxy) is 1. The van der Waals surface area contributed by atoms with Crippen LogP contribution in [0.3, 0.4) is 0 Å². The third-order valence-corrected chi connectivity index (χ3v) is 7.43. The lowest BCUT2D eigenvalue weighted by Gasteiger charge is -2.49. The van der Waals surface area contributed by atoms with Crippen LogP contribution in [0.2, 0.25) is 0 Å². The fourth-order valence-corrected chi connectivity index (χ4v) is 5.30. The molecular formula is C19H35NO. The Morgan fingerprint density at radius 1 is 1.14 bits per heavy atom. The number of nitrogens with one attached hydrogen (secondary N) is 1. The topological polar surface area (TPSA) is 21.3 Å². The predicted octanol–water partition coefficient (Wildman–Crippen LogP) is 4.39. The fraction of sp³-hybridized carbons (Fsp3) is 1.00. The molecule has 1 heterocycles. The molecule has 2 heteroatoms. The van der Waals surface area contributed by atoms with Crippen LogP contribution in [0.5, 0.6) is 0 Å². The normalized spacial score (nSPS) is 34.4. The van der Waals surface area contributed by atoms with E-state index in [4.69, 9.17) is 4.74 Å². The maximum atomic E-state index is 6.16. The molecule has 1 saturated heterocycles. The van der Waals surface area contributed by atoms with E-state index in [0.29, 0.717) is 16.9 Å². The van der Waals surface area contributed by atoms with Crippen LogP contribution in [0.4, 0.5) is 0 Å². The van der Waals surface area contributed by atoms with Crippen molar-refractivity contribution in [1.29, 1.82) is 0 Å². The summed E-state index contributed by atoms with van der Waals surface area (Å²) < 4.78 is 6.16. The zero-order valence-corrected chi connectivity index (χ0v) is 14.8. The zero-order chi connectivity index (χ0) is 15.3. The quantitative estimate of drug-likeness (QED) is 0.812. The summed E-state index contributed by atoms with van der Waals surface area (Å²) >= 11 is 0. The molecular weight excluding hydrogens is 258 g/mol. The van der Waals surface area contributed by atoms with Crippen LogP contribution < -0.4 is 5.32 Å². The lowest BCUT2D eigenvalue weighted by Crippen LogP contribution is -2.51. The molecule has 0 aromatic carbocycles. The predicted molar refractivity (Wildman–Crippen MR) is 88.4 cm³/mol. The Kier molecular flexibility index (Phi) is 3.94. The van der Waals surface area contributed by atoms with Crippen LogP contribution in [0.1, 0.15) is 73.1 Å². The van der Waals surface area contributed by atoms with Crippen LogP contribution in [0, 0.1) is 22.7 Å². The average molecular weight is 293 g/mol. The first kappa shape index (κ1) is 15.8. The van der Waals surface area contributed by atoms with Crippen molar-refractivity contribution in [3.05, 3.63) is 0 Å². The van der Waals surface area contributed by atoms with Gasteiger partial charge in [-0.2, -0.15) is 0 Å². The van der Waals surface area contributed by atoms with Gasteiger partial charge in [-0.15, -0.1) is 0 Å². The summed E-state index contributed by atoms with van der Waals surface area (Å²) in [6, 6.07) is 0.691. The average Bonchev–Trinajstić information content (AvgIpc) is 2.80. The summed E-state index contributed by atoms with van der Waals surface area (Å²) in [7, 11) is 0. The first-order valence-corrected chi connectivity index (χ1v) is 9.21. The third-order valence-electron chi connectivity index (χ3n) is 7.43. The minimum absolute atomic E-state index is 0.276. The van der Waals surface area contributed by atoms with Crippen LogP contribution in [-0.4, -0.2) is 24.8 Å². The summed E-state index contributed by atoms with van der Waals surface area (Å²) in [6.45, 7) is 14.3. The van der Waals surface area contributed by atoms with Gasteiger partial charge in [-0.3, -0.25) is 0 Å². The van der Waals surface area contributed by atoms with Gasteiger partial charge in [0.05, 0.1) is 5.60 Å². The number of hydrogen-bond donors (Lipinski definition) is 1. The van der Waals surface area contributed by atoms with E-state index in [9.17, 15) is 0 Å². The van der Waals surface area contributed by atoms with Crippen molar-refractivity contribution in [2.75, 3.05) is 13.2 Å². The van der Waals surface area contributed by atoms with Crippen molar-refractivity contribution in [1.82, 2.24) is 5.32 Å². The van der Waals surface area contributed by atoms with Gasteiger partial charge in [0.2, 0.25) is 0 Å². The molecule has 1 spiro atoms. The van der Waals surface area contributed by atoms with Gasteiger partial charge in [0.1, 0.15) is 0 Å². The smallest absolute Gasteiger partial charge is 0.0685 e. The van der Waals surface area contributed by atoms with E-state index in [1.165, 1.54) is 38.5 Å². The molecule has 122 valence electrons. The van der Waals surface area contributed by atoms with Gasteiger partial charge in [-0.1, -0.05) is 34.6 Å². The highest BCUT2D eigenvalue weighted by Gasteiger charge is 2.68. The number of rotatable bonds is 5. The summed E-state index contributed by atoms with van der Waals surface area (Å²) in [4.78, 5) is 0. The van der Waals surface area contributed by atoms with Gasteiger partial charge in [-0.25, -0.2) is 0 Å². The minimum atomic E-state index is 0.276. The van der Waals surface area contributed by atoms with Gasteiger partial charge in [-0.05, 0) is 67.7 Å². The first-order chi connectivity index (χ1) is 9.84. The summed E-state index contributed by atoms with van der Waals surface area (Å²) in [6.07, 6.45) is 7.78. The molecule has 21 heavy (non-hydrogen) atoms. The summed E-state index contributed by atoms with van der Waals surface area (Å²) in [5, 5.41) is 3.94. The standard InChI is InChI=1S/C19H35NO/c1-6-11-20-15(16-17(2,3)18(16,4)5)14-8-12-21-19(13-14)9-7-10-19/h14-16,20H,6-13H2,1-5H3. The van der Waals surface area contributed by atoms with Gasteiger partial charge in [0.25, 0.3) is 0 Å². The molecule has 3 rings (SSSR count). The van der Waals surface area contributed by atoms with E-state index >= 15 is 0 Å². The summed E-state index contributed by atoms with van der Waals surface area (Å²) in [5.41, 5.74) is 1.23. The molecule has 2 nitrogen and oxygen atoms in total. The maximum absolute atomic E-state index is 6.16. The Morgan fingerprint density at radius 2 is 1.81 bits per heavy atom. The SMILES string of the molecule is CCCNC(C1CCOC2(CCC2)C1)C1C(C)(C)C1(C)C. The van der Waals surface area contributed by atoms with Crippen LogP contribution in [0.25, 0.3) is 0 Å². The molecule has 1 aliphatic heterocycles. The second kappa shape index (κ2) is 5.23. The van der Waals surface area contributed by atoms with Crippen molar-refractivity contribution < 1.29 is 4.74 Å². The maximum Gasteiger partial charge on any atom is 0.0685 e. The summed E-state index contributed by atoms with van der Waals surface area (Å²) in [5.74, 6) is 1.63. The molecule has 1 N–H and O–H groups in total. The molecule has 2 saturated carbocycles. The van der Waals surface area contributed by atoms with Gasteiger partial charge >= 0.3 is 0 Å². The van der Waals surface area contributed by atoms with Gasteiger partial charge in [0.15, 0.2) is 0 Å². The molecule has 2 aliphatic carbocycles.